The first kappa shape index (κ1) is 17.7. The maximum Gasteiger partial charge on any atom is 0.406 e. The smallest absolute Gasteiger partial charge is 0.388 e. The lowest BCUT2D eigenvalue weighted by atomic mass is 9.89. The molecule has 2 rings (SSSR count). The van der Waals surface area contributed by atoms with Gasteiger partial charge in [0, 0.05) is 26.0 Å². The van der Waals surface area contributed by atoms with E-state index in [4.69, 9.17) is 0 Å². The van der Waals surface area contributed by atoms with Crippen LogP contribution in [0, 0.1) is 0 Å². The molecule has 1 unspecified atom stereocenters. The van der Waals surface area contributed by atoms with Crippen LogP contribution in [0.2, 0.25) is 0 Å². The van der Waals surface area contributed by atoms with Gasteiger partial charge in [0.15, 0.2) is 0 Å². The molecule has 1 aliphatic rings. The molecular weight excluding hydrogens is 313 g/mol. The Labute approximate surface area is 132 Å². The highest BCUT2D eigenvalue weighted by Crippen LogP contribution is 2.26. The van der Waals surface area contributed by atoms with E-state index in [0.717, 1.165) is 4.57 Å². The van der Waals surface area contributed by atoms with E-state index in [2.05, 4.69) is 10.3 Å². The van der Waals surface area contributed by atoms with Crippen molar-refractivity contribution in [2.45, 2.75) is 44.1 Å². The number of likely N-dealkylation sites (tertiary alicyclic amines) is 1. The SMILES string of the molecule is CNC(=O)CC1(O)CCCN(Cc2nccn2CC(F)(F)F)C1. The molecule has 0 saturated carbocycles. The monoisotopic (exact) mass is 334 g/mol. The van der Waals surface area contributed by atoms with Gasteiger partial charge in [0.2, 0.25) is 5.91 Å². The summed E-state index contributed by atoms with van der Waals surface area (Å²) in [4.78, 5) is 17.3. The van der Waals surface area contributed by atoms with E-state index in [0.29, 0.717) is 25.2 Å². The van der Waals surface area contributed by atoms with Crippen LogP contribution in [0.3, 0.4) is 0 Å². The average molecular weight is 334 g/mol. The molecule has 130 valence electrons. The van der Waals surface area contributed by atoms with Crippen molar-refractivity contribution in [1.29, 1.82) is 0 Å². The molecule has 1 fully saturated rings. The first-order valence-electron chi connectivity index (χ1n) is 7.43. The van der Waals surface area contributed by atoms with Crippen LogP contribution in [0.15, 0.2) is 12.4 Å². The summed E-state index contributed by atoms with van der Waals surface area (Å²) in [5, 5.41) is 13.0. The summed E-state index contributed by atoms with van der Waals surface area (Å²) in [5.74, 6) is 0.0411. The summed E-state index contributed by atoms with van der Waals surface area (Å²) in [6, 6.07) is 0. The molecule has 1 atom stereocenters. The van der Waals surface area contributed by atoms with Gasteiger partial charge in [-0.15, -0.1) is 0 Å². The highest BCUT2D eigenvalue weighted by Gasteiger charge is 2.36. The van der Waals surface area contributed by atoms with Gasteiger partial charge >= 0.3 is 6.18 Å². The average Bonchev–Trinajstić information content (AvgIpc) is 2.83. The fraction of sp³-hybridized carbons (Fsp3) is 0.714. The summed E-state index contributed by atoms with van der Waals surface area (Å²) < 4.78 is 38.7. The number of aromatic nitrogens is 2. The molecule has 1 saturated heterocycles. The number of amides is 1. The van der Waals surface area contributed by atoms with E-state index in [9.17, 15) is 23.1 Å². The summed E-state index contributed by atoms with van der Waals surface area (Å²) in [6.45, 7) is 0.00600. The number of hydrogen-bond donors (Lipinski definition) is 2. The van der Waals surface area contributed by atoms with Crippen molar-refractivity contribution in [1.82, 2.24) is 19.8 Å². The first-order chi connectivity index (χ1) is 10.7. The van der Waals surface area contributed by atoms with Crippen molar-refractivity contribution in [3.8, 4) is 0 Å². The molecule has 1 aromatic rings. The summed E-state index contributed by atoms with van der Waals surface area (Å²) in [7, 11) is 1.50. The molecule has 2 heterocycles. The zero-order valence-electron chi connectivity index (χ0n) is 12.9. The molecule has 23 heavy (non-hydrogen) atoms. The summed E-state index contributed by atoms with van der Waals surface area (Å²) in [6.07, 6.45) is -0.527. The Morgan fingerprint density at radius 2 is 2.26 bits per heavy atom. The minimum atomic E-state index is -4.31. The number of nitrogens with one attached hydrogen (secondary N) is 1. The van der Waals surface area contributed by atoms with Crippen molar-refractivity contribution in [3.05, 3.63) is 18.2 Å². The van der Waals surface area contributed by atoms with Crippen LogP contribution in [0.5, 0.6) is 0 Å². The van der Waals surface area contributed by atoms with Crippen molar-refractivity contribution in [3.63, 3.8) is 0 Å². The quantitative estimate of drug-likeness (QED) is 0.840. The molecule has 0 spiro atoms. The second-order valence-electron chi connectivity index (χ2n) is 5.98. The maximum atomic E-state index is 12.5. The Kier molecular flexibility index (Phi) is 5.30. The predicted molar refractivity (Wildman–Crippen MR) is 76.4 cm³/mol. The number of β-amino-alcohol motifs (C(OH)–C–C–N with tert-alkyl or cyclic N) is 1. The normalized spacial score (nSPS) is 23.0. The maximum absolute atomic E-state index is 12.5. The third-order valence-electron chi connectivity index (χ3n) is 3.92. The van der Waals surface area contributed by atoms with E-state index < -0.39 is 18.3 Å². The lowest BCUT2D eigenvalue weighted by Gasteiger charge is -2.38. The van der Waals surface area contributed by atoms with E-state index in [1.165, 1.54) is 19.4 Å². The molecule has 0 bridgehead atoms. The zero-order chi connectivity index (χ0) is 17.1. The number of hydrogen-bond acceptors (Lipinski definition) is 4. The fourth-order valence-corrected chi connectivity index (χ4v) is 2.90. The number of carbonyl (C=O) groups is 1. The molecule has 2 N–H and O–H groups in total. The number of rotatable bonds is 5. The van der Waals surface area contributed by atoms with Crippen molar-refractivity contribution in [2.24, 2.45) is 0 Å². The molecule has 0 radical (unpaired) electrons. The lowest BCUT2D eigenvalue weighted by Crippen LogP contribution is -2.50. The van der Waals surface area contributed by atoms with Crippen LogP contribution in [0.25, 0.3) is 0 Å². The number of nitrogens with zero attached hydrogens (tertiary/aromatic N) is 3. The number of halogens is 3. The predicted octanol–water partition coefficient (Wildman–Crippen LogP) is 0.908. The number of piperidine rings is 1. The van der Waals surface area contributed by atoms with E-state index >= 15 is 0 Å². The third kappa shape index (κ3) is 5.21. The fourth-order valence-electron chi connectivity index (χ4n) is 2.90. The minimum Gasteiger partial charge on any atom is -0.388 e. The number of carbonyl (C=O) groups excluding carboxylic acids is 1. The molecule has 9 heteroatoms. The Morgan fingerprint density at radius 1 is 1.52 bits per heavy atom. The summed E-state index contributed by atoms with van der Waals surface area (Å²) in [5.41, 5.74) is -1.15. The Balaban J connectivity index is 2.01. The Morgan fingerprint density at radius 3 is 2.91 bits per heavy atom. The van der Waals surface area contributed by atoms with Gasteiger partial charge in [-0.2, -0.15) is 13.2 Å². The second-order valence-corrected chi connectivity index (χ2v) is 5.98. The van der Waals surface area contributed by atoms with Crippen LogP contribution in [-0.2, 0) is 17.9 Å². The van der Waals surface area contributed by atoms with Crippen LogP contribution in [0.4, 0.5) is 13.2 Å². The van der Waals surface area contributed by atoms with Gasteiger partial charge in [-0.05, 0) is 19.4 Å². The van der Waals surface area contributed by atoms with Gasteiger partial charge < -0.3 is 15.0 Å². The molecule has 6 nitrogen and oxygen atoms in total. The van der Waals surface area contributed by atoms with Gasteiger partial charge in [0.1, 0.15) is 12.4 Å². The zero-order valence-corrected chi connectivity index (χ0v) is 12.9. The Bertz CT molecular complexity index is 546. The van der Waals surface area contributed by atoms with Crippen LogP contribution in [0.1, 0.15) is 25.1 Å². The van der Waals surface area contributed by atoms with Gasteiger partial charge in [0.05, 0.1) is 18.6 Å². The molecule has 1 aliphatic heterocycles. The largest absolute Gasteiger partial charge is 0.406 e. The molecule has 0 aliphatic carbocycles. The van der Waals surface area contributed by atoms with Gasteiger partial charge in [-0.3, -0.25) is 9.69 Å². The number of imidazole rings is 1. The molecule has 1 amide bonds. The minimum absolute atomic E-state index is 0.0169. The summed E-state index contributed by atoms with van der Waals surface area (Å²) >= 11 is 0. The topological polar surface area (TPSA) is 70.4 Å². The third-order valence-corrected chi connectivity index (χ3v) is 3.92. The number of aliphatic hydroxyl groups is 1. The van der Waals surface area contributed by atoms with Crippen LogP contribution >= 0.6 is 0 Å². The van der Waals surface area contributed by atoms with E-state index in [-0.39, 0.29) is 25.4 Å². The molecule has 1 aromatic heterocycles. The van der Waals surface area contributed by atoms with Crippen molar-refractivity contribution in [2.75, 3.05) is 20.1 Å². The van der Waals surface area contributed by atoms with Gasteiger partial charge in [-0.25, -0.2) is 4.98 Å². The van der Waals surface area contributed by atoms with E-state index in [1.54, 1.807) is 0 Å². The van der Waals surface area contributed by atoms with E-state index in [1.807, 2.05) is 4.90 Å². The van der Waals surface area contributed by atoms with Gasteiger partial charge in [0.25, 0.3) is 0 Å². The first-order valence-corrected chi connectivity index (χ1v) is 7.43. The second kappa shape index (κ2) is 6.88. The molecule has 0 aromatic carbocycles. The lowest BCUT2D eigenvalue weighted by molar-refractivity contribution is -0.141. The van der Waals surface area contributed by atoms with Crippen LogP contribution < -0.4 is 5.32 Å². The van der Waals surface area contributed by atoms with Crippen LogP contribution in [-0.4, -0.2) is 57.4 Å². The standard InChI is InChI=1S/C14H21F3N4O2/c1-18-12(22)7-13(23)3-2-5-20(9-13)8-11-19-4-6-21(11)10-14(15,16)17/h4,6,23H,2-3,5,7-10H2,1H3,(H,18,22). The highest BCUT2D eigenvalue weighted by molar-refractivity contribution is 5.76. The molecular formula is C14H21F3N4O2. The Hall–Kier alpha value is -1.61. The van der Waals surface area contributed by atoms with Crippen molar-refractivity contribution >= 4 is 5.91 Å². The van der Waals surface area contributed by atoms with Gasteiger partial charge in [-0.1, -0.05) is 0 Å². The number of alkyl halides is 3. The van der Waals surface area contributed by atoms with Crippen molar-refractivity contribution < 1.29 is 23.1 Å². The highest BCUT2D eigenvalue weighted by atomic mass is 19.4.